The molecule has 4 nitrogen and oxygen atoms in total. The van der Waals surface area contributed by atoms with E-state index in [-0.39, 0.29) is 0 Å². The molecule has 1 amide bonds. The molecule has 3 N–H and O–H groups in total. The lowest BCUT2D eigenvalue weighted by molar-refractivity contribution is -0.126. The summed E-state index contributed by atoms with van der Waals surface area (Å²) in [4.78, 5) is 15.1. The Hall–Kier alpha value is -1.46. The lowest BCUT2D eigenvalue weighted by Crippen LogP contribution is -2.21. The van der Waals surface area contributed by atoms with Crippen LogP contribution in [0, 0.1) is 0 Å². The fraction of sp³-hybridized carbons (Fsp3) is 0.0909. The molecule has 0 aliphatic rings. The van der Waals surface area contributed by atoms with Gasteiger partial charge in [-0.25, -0.2) is 0 Å². The van der Waals surface area contributed by atoms with Crippen LogP contribution in [0.2, 0.25) is 0 Å². The molecule has 0 saturated heterocycles. The van der Waals surface area contributed by atoms with Crippen molar-refractivity contribution in [2.75, 3.05) is 0 Å². The van der Waals surface area contributed by atoms with Gasteiger partial charge in [-0.05, 0) is 12.1 Å². The molecule has 16 heavy (non-hydrogen) atoms. The van der Waals surface area contributed by atoms with Crippen molar-refractivity contribution < 1.29 is 9.90 Å². The van der Waals surface area contributed by atoms with Crippen molar-refractivity contribution in [2.45, 2.75) is 6.10 Å². The Morgan fingerprint density at radius 3 is 2.88 bits per heavy atom. The molecule has 1 unspecified atom stereocenters. The highest BCUT2D eigenvalue weighted by Crippen LogP contribution is 2.28. The Bertz CT molecular complexity index is 557. The molecule has 2 rings (SSSR count). The van der Waals surface area contributed by atoms with Gasteiger partial charge in [0, 0.05) is 21.6 Å². The van der Waals surface area contributed by atoms with Crippen LogP contribution >= 0.6 is 15.9 Å². The summed E-state index contributed by atoms with van der Waals surface area (Å²) in [6.45, 7) is 0. The predicted octanol–water partition coefficient (Wildman–Crippen LogP) is 1.52. The minimum absolute atomic E-state index is 0.423. The van der Waals surface area contributed by atoms with Crippen LogP contribution in [-0.4, -0.2) is 16.0 Å². The van der Waals surface area contributed by atoms with Gasteiger partial charge in [0.25, 0.3) is 5.91 Å². The summed E-state index contributed by atoms with van der Waals surface area (Å²) >= 11 is 3.38. The van der Waals surface area contributed by atoms with E-state index in [1.165, 1.54) is 0 Å². The van der Waals surface area contributed by atoms with E-state index in [1.54, 1.807) is 24.4 Å². The van der Waals surface area contributed by atoms with Gasteiger partial charge in [-0.3, -0.25) is 9.78 Å². The number of primary amides is 1. The zero-order chi connectivity index (χ0) is 11.7. The fourth-order valence-electron chi connectivity index (χ4n) is 1.53. The van der Waals surface area contributed by atoms with Gasteiger partial charge in [0.1, 0.15) is 0 Å². The van der Waals surface area contributed by atoms with Gasteiger partial charge >= 0.3 is 0 Å². The summed E-state index contributed by atoms with van der Waals surface area (Å²) in [7, 11) is 0. The highest BCUT2D eigenvalue weighted by atomic mass is 79.9. The first-order chi connectivity index (χ1) is 7.61. The molecule has 0 radical (unpaired) electrons. The average Bonchev–Trinajstić information content (AvgIpc) is 2.29. The largest absolute Gasteiger partial charge is 0.378 e. The van der Waals surface area contributed by atoms with Crippen LogP contribution in [-0.2, 0) is 4.79 Å². The summed E-state index contributed by atoms with van der Waals surface area (Å²) in [5.41, 5.74) is 6.06. The second-order valence-corrected chi connectivity index (χ2v) is 4.20. The molecule has 1 aromatic heterocycles. The summed E-state index contributed by atoms with van der Waals surface area (Å²) in [6, 6.07) is 7.03. The van der Waals surface area contributed by atoms with Crippen molar-refractivity contribution in [2.24, 2.45) is 5.73 Å². The topological polar surface area (TPSA) is 76.2 Å². The summed E-state index contributed by atoms with van der Waals surface area (Å²) in [5, 5.41) is 10.5. The van der Waals surface area contributed by atoms with E-state index in [4.69, 9.17) is 5.73 Å². The van der Waals surface area contributed by atoms with Crippen LogP contribution in [0.4, 0.5) is 0 Å². The van der Waals surface area contributed by atoms with Gasteiger partial charge in [-0.2, -0.15) is 0 Å². The minimum atomic E-state index is -1.33. The number of pyridine rings is 1. The number of rotatable bonds is 2. The summed E-state index contributed by atoms with van der Waals surface area (Å²) in [5.74, 6) is -0.783. The number of hydrogen-bond acceptors (Lipinski definition) is 3. The first-order valence-corrected chi connectivity index (χ1v) is 5.41. The normalized spacial score (nSPS) is 12.6. The molecule has 1 heterocycles. The maximum Gasteiger partial charge on any atom is 0.250 e. The van der Waals surface area contributed by atoms with Gasteiger partial charge in [0.15, 0.2) is 6.10 Å². The van der Waals surface area contributed by atoms with Gasteiger partial charge in [0.2, 0.25) is 0 Å². The molecule has 82 valence electrons. The molecular formula is C11H9BrN2O2. The summed E-state index contributed by atoms with van der Waals surface area (Å²) in [6.07, 6.45) is 0.275. The number of nitrogens with two attached hydrogens (primary N) is 1. The van der Waals surface area contributed by atoms with E-state index in [9.17, 15) is 9.90 Å². The monoisotopic (exact) mass is 280 g/mol. The zero-order valence-electron chi connectivity index (χ0n) is 8.22. The lowest BCUT2D eigenvalue weighted by atomic mass is 10.0. The van der Waals surface area contributed by atoms with Crippen molar-refractivity contribution in [3.63, 3.8) is 0 Å². The molecule has 2 aromatic rings. The van der Waals surface area contributed by atoms with Crippen LogP contribution in [0.15, 0.2) is 34.9 Å². The SMILES string of the molecule is NC(=O)C(O)c1ccc(Br)c2cccnc12. The Kier molecular flexibility index (Phi) is 2.89. The molecule has 0 bridgehead atoms. The number of amides is 1. The van der Waals surface area contributed by atoms with E-state index in [0.717, 1.165) is 9.86 Å². The molecule has 0 aliphatic heterocycles. The van der Waals surface area contributed by atoms with Crippen molar-refractivity contribution in [1.82, 2.24) is 4.98 Å². The van der Waals surface area contributed by atoms with Gasteiger partial charge in [0.05, 0.1) is 5.52 Å². The summed E-state index contributed by atoms with van der Waals surface area (Å²) < 4.78 is 0.857. The number of carbonyl (C=O) groups excluding carboxylic acids is 1. The fourth-order valence-corrected chi connectivity index (χ4v) is 1.99. The third kappa shape index (κ3) is 1.79. The Morgan fingerprint density at radius 2 is 2.19 bits per heavy atom. The number of halogens is 1. The first-order valence-electron chi connectivity index (χ1n) is 4.62. The Balaban J connectivity index is 2.72. The maximum atomic E-state index is 11.0. The quantitative estimate of drug-likeness (QED) is 0.876. The molecule has 0 spiro atoms. The molecule has 1 aromatic carbocycles. The molecule has 0 fully saturated rings. The Labute approximate surface area is 100 Å². The second-order valence-electron chi connectivity index (χ2n) is 3.34. The number of fused-ring (bicyclic) bond motifs is 1. The van der Waals surface area contributed by atoms with Crippen LogP contribution < -0.4 is 5.73 Å². The Morgan fingerprint density at radius 1 is 1.44 bits per heavy atom. The van der Waals surface area contributed by atoms with Crippen LogP contribution in [0.1, 0.15) is 11.7 Å². The second kappa shape index (κ2) is 4.19. The van der Waals surface area contributed by atoms with E-state index in [1.807, 2.05) is 6.07 Å². The number of aromatic nitrogens is 1. The van der Waals surface area contributed by atoms with Crippen molar-refractivity contribution in [3.05, 3.63) is 40.5 Å². The number of carbonyl (C=O) groups is 1. The third-order valence-corrected chi connectivity index (χ3v) is 3.00. The number of benzene rings is 1. The number of nitrogens with zero attached hydrogens (tertiary/aromatic N) is 1. The third-order valence-electron chi connectivity index (χ3n) is 2.31. The maximum absolute atomic E-state index is 11.0. The number of hydrogen-bond donors (Lipinski definition) is 2. The zero-order valence-corrected chi connectivity index (χ0v) is 9.81. The highest BCUT2D eigenvalue weighted by Gasteiger charge is 2.18. The molecule has 1 atom stereocenters. The molecule has 5 heteroatoms. The van der Waals surface area contributed by atoms with Crippen LogP contribution in [0.5, 0.6) is 0 Å². The predicted molar refractivity (Wildman–Crippen MR) is 63.6 cm³/mol. The molecular weight excluding hydrogens is 272 g/mol. The standard InChI is InChI=1S/C11H9BrN2O2/c12-8-4-3-7(10(15)11(13)16)9-6(8)2-1-5-14-9/h1-5,10,15H,(H2,13,16). The van der Waals surface area contributed by atoms with Gasteiger partial charge in [-0.1, -0.05) is 28.1 Å². The highest BCUT2D eigenvalue weighted by molar-refractivity contribution is 9.10. The first kappa shape index (κ1) is 11.0. The van der Waals surface area contributed by atoms with Crippen molar-refractivity contribution in [1.29, 1.82) is 0 Å². The van der Waals surface area contributed by atoms with Gasteiger partial charge in [-0.15, -0.1) is 0 Å². The molecule has 0 saturated carbocycles. The lowest BCUT2D eigenvalue weighted by Gasteiger charge is -2.10. The number of aliphatic hydroxyl groups is 1. The van der Waals surface area contributed by atoms with Crippen molar-refractivity contribution in [3.8, 4) is 0 Å². The van der Waals surface area contributed by atoms with Crippen LogP contribution in [0.25, 0.3) is 10.9 Å². The average molecular weight is 281 g/mol. The van der Waals surface area contributed by atoms with Crippen molar-refractivity contribution >= 4 is 32.7 Å². The van der Waals surface area contributed by atoms with E-state index in [0.29, 0.717) is 11.1 Å². The minimum Gasteiger partial charge on any atom is -0.378 e. The molecule has 0 aliphatic carbocycles. The number of aliphatic hydroxyl groups excluding tert-OH is 1. The van der Waals surface area contributed by atoms with E-state index in [2.05, 4.69) is 20.9 Å². The van der Waals surface area contributed by atoms with E-state index < -0.39 is 12.0 Å². The van der Waals surface area contributed by atoms with E-state index >= 15 is 0 Å². The van der Waals surface area contributed by atoms with Gasteiger partial charge < -0.3 is 10.8 Å². The van der Waals surface area contributed by atoms with Crippen LogP contribution in [0.3, 0.4) is 0 Å². The smallest absolute Gasteiger partial charge is 0.250 e.